The summed E-state index contributed by atoms with van der Waals surface area (Å²) in [5, 5.41) is 0. The van der Waals surface area contributed by atoms with Gasteiger partial charge < -0.3 is 10.6 Å². The van der Waals surface area contributed by atoms with Crippen LogP contribution >= 0.6 is 0 Å². The van der Waals surface area contributed by atoms with Crippen molar-refractivity contribution >= 4 is 11.6 Å². The third-order valence-corrected chi connectivity index (χ3v) is 4.76. The van der Waals surface area contributed by atoms with Gasteiger partial charge in [-0.05, 0) is 49.3 Å². The van der Waals surface area contributed by atoms with Gasteiger partial charge in [0.05, 0.1) is 11.3 Å². The SMILES string of the molecule is Cc1cc(C(N)=O)c(N2CCCC(C)(C)CC2)cc1C(C)(F)F. The molecule has 2 rings (SSSR count). The number of aryl methyl sites for hydroxylation is 1. The van der Waals surface area contributed by atoms with E-state index in [1.165, 1.54) is 12.1 Å². The Balaban J connectivity index is 2.49. The van der Waals surface area contributed by atoms with Crippen molar-refractivity contribution in [2.45, 2.75) is 52.9 Å². The number of carbonyl (C=O) groups is 1. The van der Waals surface area contributed by atoms with Gasteiger partial charge in [-0.3, -0.25) is 4.79 Å². The van der Waals surface area contributed by atoms with Crippen molar-refractivity contribution in [1.29, 1.82) is 0 Å². The third-order valence-electron chi connectivity index (χ3n) is 4.76. The summed E-state index contributed by atoms with van der Waals surface area (Å²) in [6.45, 7) is 8.40. The molecule has 0 unspecified atom stereocenters. The number of anilines is 1. The van der Waals surface area contributed by atoms with Gasteiger partial charge in [0.1, 0.15) is 0 Å². The summed E-state index contributed by atoms with van der Waals surface area (Å²) in [7, 11) is 0. The van der Waals surface area contributed by atoms with E-state index in [0.29, 0.717) is 16.8 Å². The Morgan fingerprint density at radius 1 is 1.26 bits per heavy atom. The summed E-state index contributed by atoms with van der Waals surface area (Å²) >= 11 is 0. The normalized spacial score (nSPS) is 18.6. The summed E-state index contributed by atoms with van der Waals surface area (Å²) in [4.78, 5) is 13.8. The van der Waals surface area contributed by atoms with Crippen LogP contribution in [0.1, 0.15) is 61.5 Å². The highest BCUT2D eigenvalue weighted by molar-refractivity contribution is 5.99. The first kappa shape index (κ1) is 17.7. The second-order valence-corrected chi connectivity index (χ2v) is 7.44. The zero-order chi connectivity index (χ0) is 17.4. The first-order valence-electron chi connectivity index (χ1n) is 8.09. The lowest BCUT2D eigenvalue weighted by molar-refractivity contribution is 0.0168. The molecule has 1 aliphatic heterocycles. The topological polar surface area (TPSA) is 46.3 Å². The van der Waals surface area contributed by atoms with Crippen LogP contribution < -0.4 is 10.6 Å². The van der Waals surface area contributed by atoms with Gasteiger partial charge in [-0.2, -0.15) is 0 Å². The van der Waals surface area contributed by atoms with Crippen molar-refractivity contribution in [2.24, 2.45) is 11.1 Å². The van der Waals surface area contributed by atoms with Gasteiger partial charge in [-0.1, -0.05) is 13.8 Å². The lowest BCUT2D eigenvalue weighted by Gasteiger charge is -2.28. The standard InChI is InChI=1S/C18H26F2N2O/c1-12-10-13(16(21)23)15(11-14(12)18(4,19)20)22-8-5-6-17(2,3)7-9-22/h10-11H,5-9H2,1-4H3,(H2,21,23). The van der Waals surface area contributed by atoms with Crippen molar-refractivity contribution in [2.75, 3.05) is 18.0 Å². The molecule has 5 heteroatoms. The van der Waals surface area contributed by atoms with Crippen LogP contribution in [0.5, 0.6) is 0 Å². The maximum Gasteiger partial charge on any atom is 0.270 e. The molecule has 0 aromatic heterocycles. The van der Waals surface area contributed by atoms with Crippen LogP contribution in [-0.2, 0) is 5.92 Å². The number of rotatable bonds is 3. The smallest absolute Gasteiger partial charge is 0.270 e. The zero-order valence-electron chi connectivity index (χ0n) is 14.4. The first-order chi connectivity index (χ1) is 10.5. The fourth-order valence-electron chi connectivity index (χ4n) is 3.29. The highest BCUT2D eigenvalue weighted by Gasteiger charge is 2.30. The molecule has 3 nitrogen and oxygen atoms in total. The van der Waals surface area contributed by atoms with Crippen LogP contribution in [0.25, 0.3) is 0 Å². The number of alkyl halides is 2. The molecule has 1 aliphatic rings. The minimum atomic E-state index is -2.94. The largest absolute Gasteiger partial charge is 0.371 e. The van der Waals surface area contributed by atoms with E-state index < -0.39 is 11.8 Å². The molecule has 1 saturated heterocycles. The van der Waals surface area contributed by atoms with Crippen molar-refractivity contribution in [3.63, 3.8) is 0 Å². The lowest BCUT2D eigenvalue weighted by Crippen LogP contribution is -2.29. The number of primary amides is 1. The minimum absolute atomic E-state index is 0.0407. The number of carbonyl (C=O) groups excluding carboxylic acids is 1. The van der Waals surface area contributed by atoms with Gasteiger partial charge >= 0.3 is 0 Å². The van der Waals surface area contributed by atoms with Crippen LogP contribution in [0, 0.1) is 12.3 Å². The summed E-state index contributed by atoms with van der Waals surface area (Å²) < 4.78 is 27.7. The number of nitrogens with zero attached hydrogens (tertiary/aromatic N) is 1. The van der Waals surface area contributed by atoms with Gasteiger partial charge in [0, 0.05) is 25.6 Å². The minimum Gasteiger partial charge on any atom is -0.371 e. The lowest BCUT2D eigenvalue weighted by atomic mass is 9.85. The van der Waals surface area contributed by atoms with Crippen LogP contribution in [0.3, 0.4) is 0 Å². The van der Waals surface area contributed by atoms with Crippen molar-refractivity contribution in [3.8, 4) is 0 Å². The van der Waals surface area contributed by atoms with E-state index in [1.807, 2.05) is 4.90 Å². The maximum atomic E-state index is 13.9. The van der Waals surface area contributed by atoms with Gasteiger partial charge in [-0.25, -0.2) is 8.78 Å². The number of hydrogen-bond donors (Lipinski definition) is 1. The molecule has 2 N–H and O–H groups in total. The van der Waals surface area contributed by atoms with Gasteiger partial charge in [-0.15, -0.1) is 0 Å². The zero-order valence-corrected chi connectivity index (χ0v) is 14.4. The molecule has 0 saturated carbocycles. The average Bonchev–Trinajstić information content (AvgIpc) is 2.58. The third kappa shape index (κ3) is 4.01. The Morgan fingerprint density at radius 2 is 1.91 bits per heavy atom. The Morgan fingerprint density at radius 3 is 2.48 bits per heavy atom. The number of halogens is 2. The average molecular weight is 324 g/mol. The quantitative estimate of drug-likeness (QED) is 0.905. The van der Waals surface area contributed by atoms with E-state index in [0.717, 1.165) is 39.3 Å². The number of amides is 1. The highest BCUT2D eigenvalue weighted by Crippen LogP contribution is 2.37. The molecule has 1 amide bonds. The Kier molecular flexibility index (Phi) is 4.69. The molecule has 1 fully saturated rings. The van der Waals surface area contributed by atoms with E-state index in [-0.39, 0.29) is 11.0 Å². The molecule has 128 valence electrons. The Hall–Kier alpha value is -1.65. The van der Waals surface area contributed by atoms with Crippen molar-refractivity contribution < 1.29 is 13.6 Å². The Labute approximate surface area is 136 Å². The molecule has 0 aliphatic carbocycles. The predicted molar refractivity (Wildman–Crippen MR) is 89.1 cm³/mol. The van der Waals surface area contributed by atoms with E-state index in [2.05, 4.69) is 13.8 Å². The fraction of sp³-hybridized carbons (Fsp3) is 0.611. The maximum absolute atomic E-state index is 13.9. The molecule has 0 bridgehead atoms. The van der Waals surface area contributed by atoms with Gasteiger partial charge in [0.15, 0.2) is 0 Å². The molecule has 0 radical (unpaired) electrons. The summed E-state index contributed by atoms with van der Waals surface area (Å²) in [5.74, 6) is -3.52. The molecule has 0 spiro atoms. The van der Waals surface area contributed by atoms with E-state index in [9.17, 15) is 13.6 Å². The molecule has 0 atom stereocenters. The van der Waals surface area contributed by atoms with E-state index in [4.69, 9.17) is 5.73 Å². The molecule has 23 heavy (non-hydrogen) atoms. The highest BCUT2D eigenvalue weighted by atomic mass is 19.3. The summed E-state index contributed by atoms with van der Waals surface area (Å²) in [6, 6.07) is 2.95. The van der Waals surface area contributed by atoms with Crippen LogP contribution in [0.15, 0.2) is 12.1 Å². The number of benzene rings is 1. The molecule has 1 heterocycles. The van der Waals surface area contributed by atoms with Crippen molar-refractivity contribution in [3.05, 3.63) is 28.8 Å². The van der Waals surface area contributed by atoms with Crippen molar-refractivity contribution in [1.82, 2.24) is 0 Å². The predicted octanol–water partition coefficient (Wildman–Crippen LogP) is 4.22. The first-order valence-corrected chi connectivity index (χ1v) is 8.09. The number of nitrogens with two attached hydrogens (primary N) is 1. The second-order valence-electron chi connectivity index (χ2n) is 7.44. The second kappa shape index (κ2) is 6.10. The van der Waals surface area contributed by atoms with E-state index >= 15 is 0 Å². The van der Waals surface area contributed by atoms with Crippen LogP contribution in [0.2, 0.25) is 0 Å². The summed E-state index contributed by atoms with van der Waals surface area (Å²) in [5.41, 5.74) is 6.94. The Bertz CT molecular complexity index is 606. The van der Waals surface area contributed by atoms with Gasteiger partial charge in [0.25, 0.3) is 11.8 Å². The monoisotopic (exact) mass is 324 g/mol. The molecule has 1 aromatic rings. The number of hydrogen-bond acceptors (Lipinski definition) is 2. The van der Waals surface area contributed by atoms with Gasteiger partial charge in [0.2, 0.25) is 0 Å². The molecular weight excluding hydrogens is 298 g/mol. The fourth-order valence-corrected chi connectivity index (χ4v) is 3.29. The van der Waals surface area contributed by atoms with E-state index in [1.54, 1.807) is 6.92 Å². The summed E-state index contributed by atoms with van der Waals surface area (Å²) in [6.07, 6.45) is 3.01. The van der Waals surface area contributed by atoms with Crippen LogP contribution in [-0.4, -0.2) is 19.0 Å². The molecule has 1 aromatic carbocycles. The van der Waals surface area contributed by atoms with Crippen LogP contribution in [0.4, 0.5) is 14.5 Å². The molecular formula is C18H26F2N2O.